The molecule has 0 amide bonds. The van der Waals surface area contributed by atoms with Gasteiger partial charge in [0, 0.05) is 0 Å². The van der Waals surface area contributed by atoms with Crippen LogP contribution in [0.2, 0.25) is 0 Å². The van der Waals surface area contributed by atoms with Gasteiger partial charge in [0.2, 0.25) is 0 Å². The van der Waals surface area contributed by atoms with Gasteiger partial charge in [-0.15, -0.1) is 0 Å². The third-order valence-corrected chi connectivity index (χ3v) is 0. The topological polar surface area (TPSA) is 77.8 Å². The summed E-state index contributed by atoms with van der Waals surface area (Å²) in [7, 11) is -4.64. The van der Waals surface area contributed by atoms with Crippen LogP contribution in [-0.4, -0.2) is 39.1 Å². The van der Waals surface area contributed by atoms with E-state index in [1.807, 2.05) is 0 Å². The monoisotopic (exact) mass is 246 g/mol. The molecule has 0 spiro atoms. The Labute approximate surface area is 81.8 Å². The van der Waals surface area contributed by atoms with Crippen molar-refractivity contribution >= 4 is 32.3 Å². The van der Waals surface area contributed by atoms with Crippen molar-refractivity contribution in [2.45, 2.75) is 0 Å². The first kappa shape index (κ1) is 16.0. The van der Waals surface area contributed by atoms with Crippen molar-refractivity contribution in [3.63, 3.8) is 0 Å². The van der Waals surface area contributed by atoms with Crippen molar-refractivity contribution in [3.8, 4) is 0 Å². The summed E-state index contributed by atoms with van der Waals surface area (Å²) in [5.74, 6) is 0. The molecule has 0 saturated carbocycles. The molecule has 0 atom stereocenters. The van der Waals surface area contributed by atoms with E-state index in [1.165, 1.54) is 0 Å². The molecule has 0 bridgehead atoms. The zero-order valence-electron chi connectivity index (χ0n) is 4.90. The summed E-state index contributed by atoms with van der Waals surface area (Å²) in [5.41, 5.74) is 0. The zero-order valence-corrected chi connectivity index (χ0v) is 10.8. The predicted octanol–water partition coefficient (Wildman–Crippen LogP) is -5.00. The van der Waals surface area contributed by atoms with E-state index in [2.05, 4.69) is 0 Å². The van der Waals surface area contributed by atoms with Gasteiger partial charge in [-0.25, -0.2) is 4.57 Å². The van der Waals surface area contributed by atoms with Gasteiger partial charge in [-0.05, 0) is 0 Å². The Bertz CT molecular complexity index is 62.2. The van der Waals surface area contributed by atoms with Crippen LogP contribution >= 0.6 is 7.82 Å². The predicted molar refractivity (Wildman–Crippen MR) is 25.3 cm³/mol. The maximum atomic E-state index is 8.88. The van der Waals surface area contributed by atoms with Crippen molar-refractivity contribution in [3.05, 3.63) is 0 Å². The summed E-state index contributed by atoms with van der Waals surface area (Å²) in [4.78, 5) is 21.6. The van der Waals surface area contributed by atoms with Gasteiger partial charge in [0.15, 0.2) is 0 Å². The Kier molecular flexibility index (Phi) is 13.8. The van der Waals surface area contributed by atoms with Crippen molar-refractivity contribution in [2.75, 3.05) is 0 Å². The second kappa shape index (κ2) is 6.05. The van der Waals surface area contributed by atoms with Gasteiger partial charge in [-0.2, -0.15) is 0 Å². The molecule has 0 aromatic rings. The van der Waals surface area contributed by atoms with Crippen LogP contribution in [0, 0.1) is 0 Å². The quantitative estimate of drug-likeness (QED) is 0.296. The van der Waals surface area contributed by atoms with E-state index in [9.17, 15) is 0 Å². The van der Waals surface area contributed by atoms with Gasteiger partial charge in [-0.3, -0.25) is 0 Å². The molecular weight excluding hydrogens is 240 g/mol. The minimum atomic E-state index is -4.64. The minimum absolute atomic E-state index is 0. The third-order valence-electron chi connectivity index (χ3n) is 0. The Hall–Kier alpha value is 1.93. The van der Waals surface area contributed by atoms with Crippen LogP contribution in [0.1, 0.15) is 1.43 Å². The van der Waals surface area contributed by atoms with Crippen LogP contribution in [0.4, 0.5) is 0 Å². The summed E-state index contributed by atoms with van der Waals surface area (Å²) in [6.07, 6.45) is 0. The number of hydrogen-bond donors (Lipinski definition) is 3. The Morgan fingerprint density at radius 2 is 1.29 bits per heavy atom. The second-order valence-electron chi connectivity index (χ2n) is 0.513. The van der Waals surface area contributed by atoms with Crippen LogP contribution in [0.3, 0.4) is 0 Å². The summed E-state index contributed by atoms with van der Waals surface area (Å²) in [6.45, 7) is 0. The Morgan fingerprint density at radius 3 is 1.29 bits per heavy atom. The molecule has 3 N–H and O–H groups in total. The molecule has 7 heavy (non-hydrogen) atoms. The van der Waals surface area contributed by atoms with Gasteiger partial charge >= 0.3 is 61.8 Å². The summed E-state index contributed by atoms with van der Waals surface area (Å²) < 4.78 is 8.88. The van der Waals surface area contributed by atoms with Crippen LogP contribution in [0.25, 0.3) is 0 Å². The second-order valence-corrected chi connectivity index (χ2v) is 1.54. The zero-order chi connectivity index (χ0) is 4.50. The average Bonchev–Trinajstić information content (AvgIpc) is 0.722. The van der Waals surface area contributed by atoms with E-state index in [4.69, 9.17) is 19.2 Å². The Balaban J connectivity index is -0.0000000267. The fourth-order valence-corrected chi connectivity index (χ4v) is 0. The van der Waals surface area contributed by atoms with Crippen molar-refractivity contribution < 1.29 is 50.2 Å². The van der Waals surface area contributed by atoms with Crippen molar-refractivity contribution in [2.24, 2.45) is 0 Å². The van der Waals surface area contributed by atoms with Crippen LogP contribution < -0.4 is 29.6 Å². The van der Waals surface area contributed by atoms with Crippen LogP contribution in [-0.2, 0) is 4.57 Å². The van der Waals surface area contributed by atoms with Crippen LogP contribution in [0.5, 0.6) is 0 Å². The van der Waals surface area contributed by atoms with Gasteiger partial charge in [0.05, 0.1) is 0 Å². The molecule has 42 valence electrons. The molecule has 4 nitrogen and oxygen atoms in total. The molecule has 0 radical (unpaired) electrons. The fourth-order valence-electron chi connectivity index (χ4n) is 0. The molecule has 0 saturated heterocycles. The molecular formula is H7NaO4PSb. The number of phosphoric acid groups is 1. The molecule has 0 rings (SSSR count). The first-order valence-corrected chi connectivity index (χ1v) is 2.35. The van der Waals surface area contributed by atoms with E-state index < -0.39 is 7.82 Å². The Morgan fingerprint density at radius 1 is 1.29 bits per heavy atom. The maximum absolute atomic E-state index is 8.88. The summed E-state index contributed by atoms with van der Waals surface area (Å²) in [6, 6.07) is 0. The van der Waals surface area contributed by atoms with Gasteiger partial charge in [-0.1, -0.05) is 0 Å². The van der Waals surface area contributed by atoms with Gasteiger partial charge in [0.1, 0.15) is 0 Å². The fraction of sp³-hybridized carbons (Fsp3) is 0. The standard InChI is InChI=1S/Na.H3O4P.Sb.4H/c;1-5(2,3)4;;;;;/h;(H3,1,2,3,4);;;;;/q+1;;;;;;-1. The summed E-state index contributed by atoms with van der Waals surface area (Å²) >= 11 is 0. The first-order valence-electron chi connectivity index (χ1n) is 0.783. The molecule has 0 aromatic carbocycles. The summed E-state index contributed by atoms with van der Waals surface area (Å²) in [5, 5.41) is 0. The van der Waals surface area contributed by atoms with Gasteiger partial charge in [0.25, 0.3) is 0 Å². The average molecular weight is 247 g/mol. The van der Waals surface area contributed by atoms with Gasteiger partial charge < -0.3 is 16.1 Å². The van der Waals surface area contributed by atoms with E-state index in [0.29, 0.717) is 0 Å². The van der Waals surface area contributed by atoms with E-state index in [1.54, 1.807) is 0 Å². The molecule has 0 aliphatic heterocycles. The molecule has 0 aliphatic rings. The van der Waals surface area contributed by atoms with Crippen molar-refractivity contribution in [1.82, 2.24) is 0 Å². The van der Waals surface area contributed by atoms with E-state index in [-0.39, 0.29) is 55.4 Å². The third kappa shape index (κ3) is 74.9. The SMILES string of the molecule is O=P(O)(O)O.[H-].[Na+].[SbH3]. The molecule has 0 aromatic heterocycles. The molecule has 0 heterocycles. The first-order chi connectivity index (χ1) is 2.00. The number of hydrogen-bond acceptors (Lipinski definition) is 1. The molecule has 0 fully saturated rings. The van der Waals surface area contributed by atoms with Crippen molar-refractivity contribution in [1.29, 1.82) is 0 Å². The van der Waals surface area contributed by atoms with E-state index >= 15 is 0 Å². The van der Waals surface area contributed by atoms with Crippen LogP contribution in [0.15, 0.2) is 0 Å². The molecule has 0 aliphatic carbocycles. The number of rotatable bonds is 0. The molecule has 7 heteroatoms. The normalized spacial score (nSPS) is 8.43. The molecule has 0 unspecified atom stereocenters. The van der Waals surface area contributed by atoms with E-state index in [0.717, 1.165) is 0 Å².